The van der Waals surface area contributed by atoms with Crippen LogP contribution in [0.25, 0.3) is 32.3 Å². The Hall–Kier alpha value is -5.25. The Morgan fingerprint density at radius 3 is 2.02 bits per heavy atom. The Morgan fingerprint density at radius 1 is 0.750 bits per heavy atom. The third-order valence-corrected chi connectivity index (χ3v) is 10.9. The molecule has 0 radical (unpaired) electrons. The molecule has 0 aliphatic carbocycles. The van der Waals surface area contributed by atoms with E-state index in [1.165, 1.54) is 9.75 Å². The quantitative estimate of drug-likeness (QED) is 0.144. The summed E-state index contributed by atoms with van der Waals surface area (Å²) in [6.07, 6.45) is 0.844. The minimum absolute atomic E-state index is 0.718. The highest BCUT2D eigenvalue weighted by Crippen LogP contribution is 2.45. The van der Waals surface area contributed by atoms with Gasteiger partial charge in [0.2, 0.25) is 0 Å². The van der Waals surface area contributed by atoms with Crippen molar-refractivity contribution in [3.63, 3.8) is 0 Å². The molecular formula is C39H33N7S2. The van der Waals surface area contributed by atoms with Gasteiger partial charge in [-0.25, -0.2) is 14.6 Å². The number of thiophene rings is 2. The number of tetrazole rings is 1. The van der Waals surface area contributed by atoms with E-state index in [0.29, 0.717) is 0 Å². The highest BCUT2D eigenvalue weighted by atomic mass is 32.1. The van der Waals surface area contributed by atoms with Crippen molar-refractivity contribution < 1.29 is 0 Å². The van der Waals surface area contributed by atoms with E-state index >= 15 is 0 Å². The normalized spacial score (nSPS) is 11.8. The average Bonchev–Trinajstić information content (AvgIpc) is 3.94. The number of aromatic nitrogens is 7. The van der Waals surface area contributed by atoms with Gasteiger partial charge in [-0.3, -0.25) is 0 Å². The highest BCUT2D eigenvalue weighted by Gasteiger charge is 2.42. The molecule has 3 aromatic carbocycles. The molecule has 9 heteroatoms. The van der Waals surface area contributed by atoms with Crippen molar-refractivity contribution in [2.24, 2.45) is 0 Å². The maximum absolute atomic E-state index is 4.96. The van der Waals surface area contributed by atoms with Crippen LogP contribution in [0.15, 0.2) is 121 Å². The Kier molecular flexibility index (Phi) is 7.78. The van der Waals surface area contributed by atoms with Crippen molar-refractivity contribution in [1.82, 2.24) is 34.7 Å². The van der Waals surface area contributed by atoms with Gasteiger partial charge >= 0.3 is 0 Å². The lowest BCUT2D eigenvalue weighted by molar-refractivity contribution is 0.451. The molecule has 8 rings (SSSR count). The van der Waals surface area contributed by atoms with Crippen LogP contribution in [0.4, 0.5) is 0 Å². The maximum atomic E-state index is 4.96. The largest absolute Gasteiger partial charge is 0.307 e. The second-order valence-corrected chi connectivity index (χ2v) is 14.0. The molecule has 0 aliphatic heterocycles. The van der Waals surface area contributed by atoms with Crippen molar-refractivity contribution in [3.05, 3.63) is 159 Å². The van der Waals surface area contributed by atoms with Crippen molar-refractivity contribution in [2.45, 2.75) is 39.3 Å². The summed E-state index contributed by atoms with van der Waals surface area (Å²) in [6.45, 7) is 7.04. The first-order valence-electron chi connectivity index (χ1n) is 16.0. The molecule has 236 valence electrons. The third-order valence-electron chi connectivity index (χ3n) is 8.89. The molecule has 0 atom stereocenters. The van der Waals surface area contributed by atoms with Crippen LogP contribution in [0.1, 0.15) is 45.6 Å². The molecule has 0 aliphatic rings. The number of aryl methyl sites for hydroxylation is 3. The van der Waals surface area contributed by atoms with Crippen LogP contribution in [-0.2, 0) is 18.5 Å². The number of fused-ring (bicyclic) bond motifs is 1. The molecule has 0 amide bonds. The van der Waals surface area contributed by atoms with E-state index in [9.17, 15) is 0 Å². The van der Waals surface area contributed by atoms with Gasteiger partial charge in [0.05, 0.1) is 11.4 Å². The molecule has 0 saturated heterocycles. The number of rotatable bonds is 9. The number of hydrogen-bond acceptors (Lipinski definition) is 7. The second kappa shape index (κ2) is 12.4. The van der Waals surface area contributed by atoms with Crippen LogP contribution >= 0.6 is 22.7 Å². The molecule has 0 unspecified atom stereocenters. The van der Waals surface area contributed by atoms with Crippen LogP contribution in [0.3, 0.4) is 0 Å². The van der Waals surface area contributed by atoms with Gasteiger partial charge in [-0.15, -0.1) is 27.8 Å². The molecule has 48 heavy (non-hydrogen) atoms. The first-order valence-corrected chi connectivity index (χ1v) is 17.7. The third kappa shape index (κ3) is 4.98. The Balaban J connectivity index is 1.25. The van der Waals surface area contributed by atoms with E-state index in [4.69, 9.17) is 20.3 Å². The van der Waals surface area contributed by atoms with E-state index in [-0.39, 0.29) is 0 Å². The first-order chi connectivity index (χ1) is 23.6. The van der Waals surface area contributed by atoms with E-state index in [0.717, 1.165) is 74.2 Å². The smallest absolute Gasteiger partial charge is 0.194 e. The number of nitrogens with zero attached hydrogens (tertiary/aromatic N) is 7. The lowest BCUT2D eigenvalue weighted by Crippen LogP contribution is -2.39. The zero-order valence-corrected chi connectivity index (χ0v) is 28.5. The minimum Gasteiger partial charge on any atom is -0.307 e. The number of imidazole rings is 1. The van der Waals surface area contributed by atoms with Gasteiger partial charge < -0.3 is 4.57 Å². The van der Waals surface area contributed by atoms with Gasteiger partial charge in [0.25, 0.3) is 0 Å². The zero-order chi connectivity index (χ0) is 32.7. The van der Waals surface area contributed by atoms with Gasteiger partial charge in [-0.1, -0.05) is 97.9 Å². The van der Waals surface area contributed by atoms with Crippen LogP contribution in [0, 0.1) is 13.8 Å². The molecule has 0 saturated carbocycles. The number of benzene rings is 3. The van der Waals surface area contributed by atoms with Crippen LogP contribution in [-0.4, -0.2) is 34.7 Å². The summed E-state index contributed by atoms with van der Waals surface area (Å²) >= 11 is 3.45. The molecule has 0 N–H and O–H groups in total. The molecule has 7 nitrogen and oxygen atoms in total. The standard InChI is InChI=1S/C39H33N7S2/c1-4-34-41-35-26(2)24-27(3)40-37(35)45(34)25-31-20-21-33(48-31)32-22-23-47-36(32)38-42-43-44-46(38)39(28-14-8-5-9-15-28,29-16-10-6-11-17-29)30-18-12-7-13-19-30/h5-24H,4,25H2,1-3H3. The topological polar surface area (TPSA) is 74.3 Å². The van der Waals surface area contributed by atoms with E-state index in [2.05, 4.69) is 126 Å². The van der Waals surface area contributed by atoms with Gasteiger partial charge in [0, 0.05) is 27.4 Å². The van der Waals surface area contributed by atoms with E-state index in [1.807, 2.05) is 29.8 Å². The van der Waals surface area contributed by atoms with Crippen molar-refractivity contribution in [3.8, 4) is 21.1 Å². The maximum Gasteiger partial charge on any atom is 0.194 e. The van der Waals surface area contributed by atoms with Gasteiger partial charge in [0.1, 0.15) is 16.9 Å². The van der Waals surface area contributed by atoms with Crippen LogP contribution in [0.2, 0.25) is 0 Å². The summed E-state index contributed by atoms with van der Waals surface area (Å²) in [5.41, 5.74) is 7.64. The molecule has 8 aromatic rings. The van der Waals surface area contributed by atoms with E-state index < -0.39 is 5.54 Å². The monoisotopic (exact) mass is 663 g/mol. The Morgan fingerprint density at radius 2 is 1.40 bits per heavy atom. The van der Waals surface area contributed by atoms with E-state index in [1.54, 1.807) is 22.7 Å². The SMILES string of the molecule is CCc1nc2c(C)cc(C)nc2n1Cc1ccc(-c2ccsc2-c2nnnn2C(c2ccccc2)(c2ccccc2)c2ccccc2)s1. The summed E-state index contributed by atoms with van der Waals surface area (Å²) in [5, 5.41) is 16.0. The zero-order valence-electron chi connectivity index (χ0n) is 26.9. The Labute approximate surface area is 287 Å². The summed E-state index contributed by atoms with van der Waals surface area (Å²) in [4.78, 5) is 13.3. The van der Waals surface area contributed by atoms with Crippen LogP contribution in [0.5, 0.6) is 0 Å². The fourth-order valence-corrected chi connectivity index (χ4v) is 8.75. The van der Waals surface area contributed by atoms with Gasteiger partial charge in [-0.2, -0.15) is 0 Å². The summed E-state index contributed by atoms with van der Waals surface area (Å²) in [7, 11) is 0. The van der Waals surface area contributed by atoms with Gasteiger partial charge in [0.15, 0.2) is 11.5 Å². The van der Waals surface area contributed by atoms with Crippen molar-refractivity contribution in [2.75, 3.05) is 0 Å². The van der Waals surface area contributed by atoms with Gasteiger partial charge in [-0.05, 0) is 76.2 Å². The predicted octanol–water partition coefficient (Wildman–Crippen LogP) is 8.94. The van der Waals surface area contributed by atoms with Crippen molar-refractivity contribution in [1.29, 1.82) is 0 Å². The summed E-state index contributed by atoms with van der Waals surface area (Å²) < 4.78 is 4.28. The second-order valence-electron chi connectivity index (χ2n) is 11.9. The fourth-order valence-electron chi connectivity index (χ4n) is 6.78. The summed E-state index contributed by atoms with van der Waals surface area (Å²) in [6, 6.07) is 40.3. The number of pyridine rings is 1. The lowest BCUT2D eigenvalue weighted by atomic mass is 9.77. The average molecular weight is 664 g/mol. The number of hydrogen-bond donors (Lipinski definition) is 0. The lowest BCUT2D eigenvalue weighted by Gasteiger charge is -2.36. The molecule has 0 bridgehead atoms. The van der Waals surface area contributed by atoms with Crippen LogP contribution < -0.4 is 0 Å². The molecule has 0 spiro atoms. The molecule has 5 aromatic heterocycles. The molecule has 5 heterocycles. The highest BCUT2D eigenvalue weighted by molar-refractivity contribution is 7.17. The fraction of sp³-hybridized carbons (Fsp3) is 0.154. The Bertz CT molecular complexity index is 2240. The minimum atomic E-state index is -0.813. The predicted molar refractivity (Wildman–Crippen MR) is 195 cm³/mol. The first kappa shape index (κ1) is 30.1. The summed E-state index contributed by atoms with van der Waals surface area (Å²) in [5.74, 6) is 1.77. The molecular weight excluding hydrogens is 631 g/mol. The molecule has 0 fully saturated rings. The van der Waals surface area contributed by atoms with Crippen molar-refractivity contribution >= 4 is 33.8 Å².